The smallest absolute Gasteiger partial charge is 0.163 e. The molecule has 0 aliphatic heterocycles. The van der Waals surface area contributed by atoms with Crippen LogP contribution >= 0.6 is 0 Å². The Morgan fingerprint density at radius 1 is 1.29 bits per heavy atom. The first kappa shape index (κ1) is 13.3. The number of aryl methyl sites for hydroxylation is 1. The summed E-state index contributed by atoms with van der Waals surface area (Å²) in [6, 6.07) is 6.64. The van der Waals surface area contributed by atoms with E-state index in [0.717, 1.165) is 30.7 Å². The summed E-state index contributed by atoms with van der Waals surface area (Å²) in [6.07, 6.45) is 12.7. The number of carbonyl (C=O) groups excluding carboxylic acids is 1. The molecule has 0 radical (unpaired) electrons. The highest BCUT2D eigenvalue weighted by Gasteiger charge is 2.52. The summed E-state index contributed by atoms with van der Waals surface area (Å²) < 4.78 is 0. The lowest BCUT2D eigenvalue weighted by molar-refractivity contribution is 0.0942. The number of allylic oxidation sites excluding steroid dienone is 2. The molecular weight excluding hydrogens is 256 g/mol. The summed E-state index contributed by atoms with van der Waals surface area (Å²) in [5.74, 6) is 1.83. The van der Waals surface area contributed by atoms with Crippen LogP contribution in [0.4, 0.5) is 0 Å². The second kappa shape index (κ2) is 4.83. The molecule has 21 heavy (non-hydrogen) atoms. The maximum absolute atomic E-state index is 12.6. The molecule has 3 aliphatic rings. The Morgan fingerprint density at radius 3 is 2.90 bits per heavy atom. The largest absolute Gasteiger partial charge is 0.294 e. The van der Waals surface area contributed by atoms with Gasteiger partial charge in [-0.25, -0.2) is 0 Å². The molecule has 1 heteroatoms. The minimum Gasteiger partial charge on any atom is -0.294 e. The van der Waals surface area contributed by atoms with E-state index < -0.39 is 0 Å². The number of hydrogen-bond acceptors (Lipinski definition) is 1. The first-order valence-electron chi connectivity index (χ1n) is 8.58. The third-order valence-corrected chi connectivity index (χ3v) is 6.07. The van der Waals surface area contributed by atoms with Crippen molar-refractivity contribution in [2.24, 2.45) is 11.8 Å². The highest BCUT2D eigenvalue weighted by molar-refractivity contribution is 6.00. The molecule has 3 unspecified atom stereocenters. The molecule has 2 bridgehead atoms. The van der Waals surface area contributed by atoms with Crippen molar-refractivity contribution < 1.29 is 4.79 Å². The number of Topliss-reactive ketones (excluding diaryl/α,β-unsaturated/α-hetero) is 1. The van der Waals surface area contributed by atoms with Gasteiger partial charge in [0.2, 0.25) is 0 Å². The lowest BCUT2D eigenvalue weighted by Gasteiger charge is -2.41. The van der Waals surface area contributed by atoms with E-state index in [1.54, 1.807) is 0 Å². The van der Waals surface area contributed by atoms with E-state index in [4.69, 9.17) is 0 Å². The molecular formula is C20H24O. The third kappa shape index (κ3) is 1.86. The van der Waals surface area contributed by atoms with Crippen LogP contribution in [0.3, 0.4) is 0 Å². The summed E-state index contributed by atoms with van der Waals surface area (Å²) in [7, 11) is 0. The molecule has 4 rings (SSSR count). The van der Waals surface area contributed by atoms with Crippen LogP contribution in [-0.2, 0) is 11.8 Å². The number of ketones is 1. The van der Waals surface area contributed by atoms with Gasteiger partial charge in [-0.3, -0.25) is 4.79 Å². The summed E-state index contributed by atoms with van der Waals surface area (Å²) >= 11 is 0. The highest BCUT2D eigenvalue weighted by atomic mass is 16.1. The normalized spacial score (nSPS) is 32.9. The first-order chi connectivity index (χ1) is 10.2. The van der Waals surface area contributed by atoms with Crippen molar-refractivity contribution in [2.45, 2.75) is 57.3 Å². The molecule has 0 aromatic heterocycles. The molecule has 3 aliphatic carbocycles. The van der Waals surface area contributed by atoms with Crippen LogP contribution < -0.4 is 0 Å². The Hall–Kier alpha value is -1.37. The second-order valence-electron chi connectivity index (χ2n) is 7.21. The van der Waals surface area contributed by atoms with E-state index in [0.29, 0.717) is 11.7 Å². The second-order valence-corrected chi connectivity index (χ2v) is 7.21. The van der Waals surface area contributed by atoms with Gasteiger partial charge in [0.25, 0.3) is 0 Å². The van der Waals surface area contributed by atoms with Gasteiger partial charge in [0.1, 0.15) is 0 Å². The van der Waals surface area contributed by atoms with E-state index in [9.17, 15) is 4.79 Å². The molecule has 110 valence electrons. The fraction of sp³-hybridized carbons (Fsp3) is 0.550. The summed E-state index contributed by atoms with van der Waals surface area (Å²) in [5.41, 5.74) is 4.10. The number of rotatable bonds is 3. The zero-order valence-corrected chi connectivity index (χ0v) is 12.9. The van der Waals surface area contributed by atoms with Crippen LogP contribution in [0.5, 0.6) is 0 Å². The lowest BCUT2D eigenvalue weighted by Crippen LogP contribution is -2.37. The third-order valence-electron chi connectivity index (χ3n) is 6.07. The first-order valence-corrected chi connectivity index (χ1v) is 8.58. The van der Waals surface area contributed by atoms with Crippen LogP contribution in [0.15, 0.2) is 30.4 Å². The van der Waals surface area contributed by atoms with Gasteiger partial charge in [0, 0.05) is 17.4 Å². The lowest BCUT2D eigenvalue weighted by atomic mass is 9.62. The predicted octanol–water partition coefficient (Wildman–Crippen LogP) is 4.84. The molecule has 0 amide bonds. The van der Waals surface area contributed by atoms with Crippen LogP contribution in [0.2, 0.25) is 0 Å². The van der Waals surface area contributed by atoms with Crippen LogP contribution in [0.1, 0.15) is 66.9 Å². The monoisotopic (exact) mass is 280 g/mol. The zero-order valence-electron chi connectivity index (χ0n) is 12.9. The van der Waals surface area contributed by atoms with Crippen molar-refractivity contribution in [3.05, 3.63) is 47.0 Å². The number of hydrogen-bond donors (Lipinski definition) is 0. The minimum atomic E-state index is 0.283. The summed E-state index contributed by atoms with van der Waals surface area (Å²) in [6.45, 7) is 2.22. The average molecular weight is 280 g/mol. The Morgan fingerprint density at radius 2 is 2.19 bits per heavy atom. The van der Waals surface area contributed by atoms with E-state index >= 15 is 0 Å². The van der Waals surface area contributed by atoms with Gasteiger partial charge in [0.15, 0.2) is 5.78 Å². The number of unbranched alkanes of at least 4 members (excludes halogenated alkanes) is 1. The number of fused-ring (bicyclic) bond motifs is 5. The maximum atomic E-state index is 12.6. The van der Waals surface area contributed by atoms with Crippen molar-refractivity contribution in [3.8, 4) is 0 Å². The van der Waals surface area contributed by atoms with Gasteiger partial charge in [-0.1, -0.05) is 43.7 Å². The maximum Gasteiger partial charge on any atom is 0.163 e. The Bertz CT molecular complexity index is 612. The molecule has 1 nitrogen and oxygen atoms in total. The molecule has 0 N–H and O–H groups in total. The minimum absolute atomic E-state index is 0.283. The Labute approximate surface area is 127 Å². The average Bonchev–Trinajstić information content (AvgIpc) is 3.10. The summed E-state index contributed by atoms with van der Waals surface area (Å²) in [4.78, 5) is 12.6. The van der Waals surface area contributed by atoms with Crippen molar-refractivity contribution in [2.75, 3.05) is 0 Å². The van der Waals surface area contributed by atoms with Crippen molar-refractivity contribution in [1.29, 1.82) is 0 Å². The fourth-order valence-corrected chi connectivity index (χ4v) is 5.07. The van der Waals surface area contributed by atoms with Gasteiger partial charge < -0.3 is 0 Å². The van der Waals surface area contributed by atoms with Gasteiger partial charge in [-0.2, -0.15) is 0 Å². The van der Waals surface area contributed by atoms with Gasteiger partial charge in [0.05, 0.1) is 0 Å². The van der Waals surface area contributed by atoms with Gasteiger partial charge >= 0.3 is 0 Å². The summed E-state index contributed by atoms with van der Waals surface area (Å²) in [5, 5.41) is 0. The molecule has 1 aromatic carbocycles. The van der Waals surface area contributed by atoms with Crippen LogP contribution in [0, 0.1) is 11.8 Å². The number of benzene rings is 1. The number of carbonyl (C=O) groups is 1. The molecule has 0 saturated heterocycles. The molecule has 0 heterocycles. The van der Waals surface area contributed by atoms with Crippen molar-refractivity contribution in [1.82, 2.24) is 0 Å². The molecule has 1 fully saturated rings. The predicted molar refractivity (Wildman–Crippen MR) is 85.7 cm³/mol. The van der Waals surface area contributed by atoms with Crippen molar-refractivity contribution in [3.63, 3.8) is 0 Å². The van der Waals surface area contributed by atoms with E-state index in [2.05, 4.69) is 37.3 Å². The fourth-order valence-electron chi connectivity index (χ4n) is 5.07. The molecule has 1 saturated carbocycles. The SMILES string of the molecule is CCCCc1cccc2c1C(=O)CCC21CC2C=CC1C2. The molecule has 1 spiro atoms. The molecule has 1 aromatic rings. The van der Waals surface area contributed by atoms with E-state index in [1.165, 1.54) is 36.8 Å². The highest BCUT2D eigenvalue weighted by Crippen LogP contribution is 2.58. The van der Waals surface area contributed by atoms with Crippen LogP contribution in [0.25, 0.3) is 0 Å². The Balaban J connectivity index is 1.82. The quantitative estimate of drug-likeness (QED) is 0.724. The molecule has 3 atom stereocenters. The Kier molecular flexibility index (Phi) is 3.06. The van der Waals surface area contributed by atoms with E-state index in [-0.39, 0.29) is 5.41 Å². The van der Waals surface area contributed by atoms with Crippen LogP contribution in [-0.4, -0.2) is 5.78 Å². The van der Waals surface area contributed by atoms with Crippen molar-refractivity contribution >= 4 is 5.78 Å². The van der Waals surface area contributed by atoms with E-state index in [1.807, 2.05) is 0 Å². The standard InChI is InChI=1S/C20H24O/c1-2-3-5-15-6-4-7-17-19(15)18(21)10-11-20(17)13-14-8-9-16(20)12-14/h4,6-9,14,16H,2-3,5,10-13H2,1H3. The van der Waals surface area contributed by atoms with Gasteiger partial charge in [-0.15, -0.1) is 0 Å². The zero-order chi connectivity index (χ0) is 14.4. The topological polar surface area (TPSA) is 17.1 Å². The van der Waals surface area contributed by atoms with Gasteiger partial charge in [-0.05, 0) is 55.1 Å².